The Bertz CT molecular complexity index is 1140. The van der Waals surface area contributed by atoms with Gasteiger partial charge < -0.3 is 14.4 Å². The van der Waals surface area contributed by atoms with Gasteiger partial charge in [0.1, 0.15) is 5.82 Å². The number of aromatic nitrogens is 2. The van der Waals surface area contributed by atoms with Crippen molar-refractivity contribution in [2.24, 2.45) is 0 Å². The maximum absolute atomic E-state index is 13.3. The summed E-state index contributed by atoms with van der Waals surface area (Å²) in [5.41, 5.74) is 1.05. The molecule has 7 heteroatoms. The highest BCUT2D eigenvalue weighted by Gasteiger charge is 2.27. The average Bonchev–Trinajstić information content (AvgIpc) is 3.22. The van der Waals surface area contributed by atoms with Gasteiger partial charge in [0, 0.05) is 18.7 Å². The van der Waals surface area contributed by atoms with E-state index < -0.39 is 0 Å². The van der Waals surface area contributed by atoms with Crippen LogP contribution in [0.15, 0.2) is 47.3 Å². The lowest BCUT2D eigenvalue weighted by atomic mass is 10.1. The van der Waals surface area contributed by atoms with Gasteiger partial charge in [-0.1, -0.05) is 12.1 Å². The highest BCUT2D eigenvalue weighted by atomic mass is 16.7. The van der Waals surface area contributed by atoms with Crippen molar-refractivity contribution in [3.63, 3.8) is 0 Å². The Morgan fingerprint density at radius 1 is 1.17 bits per heavy atom. The molecule has 0 aliphatic carbocycles. The Labute approximate surface area is 168 Å². The van der Waals surface area contributed by atoms with E-state index in [9.17, 15) is 9.59 Å². The van der Waals surface area contributed by atoms with Crippen LogP contribution in [0.25, 0.3) is 10.9 Å². The van der Waals surface area contributed by atoms with Crippen LogP contribution in [0.2, 0.25) is 0 Å². The summed E-state index contributed by atoms with van der Waals surface area (Å²) in [5.74, 6) is 1.62. The molecule has 7 nitrogen and oxygen atoms in total. The molecule has 0 saturated heterocycles. The topological polar surface area (TPSA) is 73.7 Å². The molecule has 1 aliphatic heterocycles. The van der Waals surface area contributed by atoms with Crippen LogP contribution in [-0.4, -0.2) is 33.7 Å². The fourth-order valence-corrected chi connectivity index (χ4v) is 3.74. The molecule has 2 aromatic carbocycles. The molecule has 0 saturated carbocycles. The fraction of sp³-hybridized carbons (Fsp3) is 0.318. The fourth-order valence-electron chi connectivity index (χ4n) is 3.74. The van der Waals surface area contributed by atoms with Crippen molar-refractivity contribution < 1.29 is 14.3 Å². The second-order valence-corrected chi connectivity index (χ2v) is 6.87. The number of hydrogen-bond acceptors (Lipinski definition) is 5. The summed E-state index contributed by atoms with van der Waals surface area (Å²) in [5, 5.41) is 0.579. The van der Waals surface area contributed by atoms with Gasteiger partial charge in [0.05, 0.1) is 16.9 Å². The van der Waals surface area contributed by atoms with E-state index in [1.165, 1.54) is 0 Å². The number of rotatable bonds is 5. The molecular weight excluding hydrogens is 370 g/mol. The summed E-state index contributed by atoms with van der Waals surface area (Å²) in [6.07, 6.45) is 0. The van der Waals surface area contributed by atoms with Gasteiger partial charge in [-0.3, -0.25) is 14.2 Å². The van der Waals surface area contributed by atoms with Gasteiger partial charge in [0.2, 0.25) is 6.79 Å². The highest BCUT2D eigenvalue weighted by Crippen LogP contribution is 2.33. The second kappa shape index (κ2) is 7.58. The van der Waals surface area contributed by atoms with Crippen molar-refractivity contribution in [1.29, 1.82) is 0 Å². The molecule has 0 spiro atoms. The van der Waals surface area contributed by atoms with Crippen molar-refractivity contribution in [1.82, 2.24) is 14.5 Å². The van der Waals surface area contributed by atoms with Crippen LogP contribution in [0.4, 0.5) is 0 Å². The van der Waals surface area contributed by atoms with Gasteiger partial charge in [0.15, 0.2) is 11.5 Å². The Balaban J connectivity index is 1.75. The van der Waals surface area contributed by atoms with Gasteiger partial charge >= 0.3 is 0 Å². The zero-order valence-corrected chi connectivity index (χ0v) is 16.7. The Morgan fingerprint density at radius 2 is 1.93 bits per heavy atom. The van der Waals surface area contributed by atoms with E-state index in [0.29, 0.717) is 46.9 Å². The monoisotopic (exact) mass is 393 g/mol. The highest BCUT2D eigenvalue weighted by molar-refractivity contribution is 5.95. The average molecular weight is 393 g/mol. The second-order valence-electron chi connectivity index (χ2n) is 6.87. The number of benzene rings is 2. The van der Waals surface area contributed by atoms with Crippen LogP contribution in [0, 0.1) is 0 Å². The summed E-state index contributed by atoms with van der Waals surface area (Å²) in [7, 11) is 0. The largest absolute Gasteiger partial charge is 0.454 e. The number of carbonyl (C=O) groups excluding carboxylic acids is 1. The molecule has 4 rings (SSSR count). The maximum atomic E-state index is 13.3. The van der Waals surface area contributed by atoms with Gasteiger partial charge in [0.25, 0.3) is 11.5 Å². The molecule has 0 radical (unpaired) electrons. The molecule has 1 aromatic heterocycles. The van der Waals surface area contributed by atoms with E-state index in [1.807, 2.05) is 39.0 Å². The molecule has 0 bridgehead atoms. The summed E-state index contributed by atoms with van der Waals surface area (Å²) < 4.78 is 12.4. The third-order valence-electron chi connectivity index (χ3n) is 5.27. The number of fused-ring (bicyclic) bond motifs is 2. The molecule has 3 aromatic rings. The lowest BCUT2D eigenvalue weighted by molar-refractivity contribution is 0.0691. The first-order valence-corrected chi connectivity index (χ1v) is 9.75. The first-order chi connectivity index (χ1) is 14.0. The number of ether oxygens (including phenoxy) is 2. The SMILES string of the molecule is CCN(C(=O)c1ccc2c(c1)OCO2)C(C)c1nc2ccccc2c(=O)n1CC. The first kappa shape index (κ1) is 19.0. The molecule has 0 N–H and O–H groups in total. The van der Waals surface area contributed by atoms with E-state index in [2.05, 4.69) is 0 Å². The first-order valence-electron chi connectivity index (χ1n) is 9.75. The molecule has 1 amide bonds. The number of amides is 1. The standard InChI is InChI=1S/C22H23N3O4/c1-4-24(21(26)15-10-11-18-19(12-15)29-13-28-18)14(3)20-23-17-9-7-6-8-16(17)22(27)25(20)5-2/h6-12,14H,4-5,13H2,1-3H3. The normalized spacial score (nSPS) is 13.5. The van der Waals surface area contributed by atoms with E-state index in [1.54, 1.807) is 33.7 Å². The van der Waals surface area contributed by atoms with Gasteiger partial charge in [-0.15, -0.1) is 0 Å². The minimum Gasteiger partial charge on any atom is -0.454 e. The van der Waals surface area contributed by atoms with Crippen molar-refractivity contribution in [2.75, 3.05) is 13.3 Å². The predicted octanol–water partition coefficient (Wildman–Crippen LogP) is 3.37. The molecule has 2 heterocycles. The summed E-state index contributed by atoms with van der Waals surface area (Å²) in [6.45, 7) is 6.83. The predicted molar refractivity (Wildman–Crippen MR) is 109 cm³/mol. The van der Waals surface area contributed by atoms with E-state index in [0.717, 1.165) is 0 Å². The molecule has 1 unspecified atom stereocenters. The maximum Gasteiger partial charge on any atom is 0.261 e. The summed E-state index contributed by atoms with van der Waals surface area (Å²) in [6, 6.07) is 12.1. The summed E-state index contributed by atoms with van der Waals surface area (Å²) >= 11 is 0. The summed E-state index contributed by atoms with van der Waals surface area (Å²) in [4.78, 5) is 32.6. The molecule has 29 heavy (non-hydrogen) atoms. The van der Waals surface area contributed by atoms with E-state index >= 15 is 0 Å². The number of hydrogen-bond donors (Lipinski definition) is 0. The van der Waals surface area contributed by atoms with Crippen LogP contribution < -0.4 is 15.0 Å². The zero-order valence-electron chi connectivity index (χ0n) is 16.7. The molecule has 0 fully saturated rings. The molecule has 150 valence electrons. The smallest absolute Gasteiger partial charge is 0.261 e. The lowest BCUT2D eigenvalue weighted by Crippen LogP contribution is -2.37. The van der Waals surface area contributed by atoms with Crippen LogP contribution >= 0.6 is 0 Å². The number of para-hydroxylation sites is 1. The zero-order chi connectivity index (χ0) is 20.5. The van der Waals surface area contributed by atoms with Crippen molar-refractivity contribution >= 4 is 16.8 Å². The van der Waals surface area contributed by atoms with Crippen LogP contribution in [0.5, 0.6) is 11.5 Å². The minimum absolute atomic E-state index is 0.0912. The number of nitrogens with zero attached hydrogens (tertiary/aromatic N) is 3. The van der Waals surface area contributed by atoms with Crippen LogP contribution in [0.3, 0.4) is 0 Å². The minimum atomic E-state index is -0.379. The van der Waals surface area contributed by atoms with Crippen molar-refractivity contribution in [2.45, 2.75) is 33.4 Å². The molecular formula is C22H23N3O4. The van der Waals surface area contributed by atoms with Gasteiger partial charge in [-0.25, -0.2) is 4.98 Å². The van der Waals surface area contributed by atoms with Crippen LogP contribution in [-0.2, 0) is 6.54 Å². The Hall–Kier alpha value is -3.35. The van der Waals surface area contributed by atoms with Crippen molar-refractivity contribution in [3.05, 3.63) is 64.2 Å². The number of carbonyl (C=O) groups is 1. The quantitative estimate of drug-likeness (QED) is 0.664. The van der Waals surface area contributed by atoms with Crippen molar-refractivity contribution in [3.8, 4) is 11.5 Å². The third kappa shape index (κ3) is 3.22. The lowest BCUT2D eigenvalue weighted by Gasteiger charge is -2.29. The molecule has 1 aliphatic rings. The van der Waals surface area contributed by atoms with Gasteiger partial charge in [-0.2, -0.15) is 0 Å². The van der Waals surface area contributed by atoms with E-state index in [4.69, 9.17) is 14.5 Å². The van der Waals surface area contributed by atoms with Crippen LogP contribution in [0.1, 0.15) is 43.0 Å². The molecule has 1 atom stereocenters. The van der Waals surface area contributed by atoms with Gasteiger partial charge in [-0.05, 0) is 51.1 Å². The third-order valence-corrected chi connectivity index (χ3v) is 5.27. The van der Waals surface area contributed by atoms with E-state index in [-0.39, 0.29) is 24.3 Å². The Morgan fingerprint density at radius 3 is 2.69 bits per heavy atom. The Kier molecular flexibility index (Phi) is 4.96.